The molecule has 0 bridgehead atoms. The van der Waals surface area contributed by atoms with E-state index in [1.54, 1.807) is 11.3 Å². The predicted molar refractivity (Wildman–Crippen MR) is 145 cm³/mol. The van der Waals surface area contributed by atoms with Gasteiger partial charge in [0.15, 0.2) is 0 Å². The van der Waals surface area contributed by atoms with Crippen LogP contribution in [0, 0.1) is 11.8 Å². The van der Waals surface area contributed by atoms with Crippen LogP contribution in [0.4, 0.5) is 10.1 Å². The highest BCUT2D eigenvalue weighted by Crippen LogP contribution is 2.24. The molecule has 0 aliphatic rings. The minimum absolute atomic E-state index is 0. The van der Waals surface area contributed by atoms with Gasteiger partial charge in [0.05, 0.1) is 17.1 Å². The highest BCUT2D eigenvalue weighted by molar-refractivity contribution is 7.59. The van der Waals surface area contributed by atoms with Crippen LogP contribution < -0.4 is 22.1 Å². The fraction of sp³-hybridized carbons (Fsp3) is 0.600. The minimum atomic E-state index is -0.557. The fourth-order valence-corrected chi connectivity index (χ4v) is 4.30. The van der Waals surface area contributed by atoms with E-state index in [1.165, 1.54) is 16.2 Å². The third-order valence-electron chi connectivity index (χ3n) is 4.71. The molecule has 0 saturated carbocycles. The largest absolute Gasteiger partial charge is 0.320 e. The van der Waals surface area contributed by atoms with Crippen molar-refractivity contribution in [3.8, 4) is 0 Å². The molecule has 32 heavy (non-hydrogen) atoms. The predicted octanol–water partition coefficient (Wildman–Crippen LogP) is 3.23. The van der Waals surface area contributed by atoms with Crippen molar-refractivity contribution < 1.29 is 9.59 Å². The Morgan fingerprint density at radius 3 is 2.03 bits per heavy atom. The molecule has 12 heteroatoms. The number of unbranched alkanes of at least 4 members (excludes halogenated alkanes) is 1. The molecular weight excluding hydrogens is 485 g/mol. The Labute approximate surface area is 212 Å². The SMILES string of the molecule is CC(C)[C@H](N)C(=O)Nc1ccc(CCCCc2nnc(NC(=O)[C@@H](N)C(C)C)s2)s1.S.S. The van der Waals surface area contributed by atoms with Crippen molar-refractivity contribution in [2.24, 2.45) is 23.3 Å². The molecule has 2 heterocycles. The summed E-state index contributed by atoms with van der Waals surface area (Å²) in [6.45, 7) is 7.67. The summed E-state index contributed by atoms with van der Waals surface area (Å²) in [5, 5.41) is 16.0. The lowest BCUT2D eigenvalue weighted by Gasteiger charge is -2.14. The zero-order chi connectivity index (χ0) is 22.3. The van der Waals surface area contributed by atoms with Crippen LogP contribution >= 0.6 is 49.7 Å². The maximum absolute atomic E-state index is 12.0. The fourth-order valence-electron chi connectivity index (χ4n) is 2.56. The van der Waals surface area contributed by atoms with Crippen LogP contribution in [0.15, 0.2) is 12.1 Å². The Hall–Kier alpha value is -1.18. The molecule has 0 aliphatic carbocycles. The first-order valence-corrected chi connectivity index (χ1v) is 11.8. The second-order valence-electron chi connectivity index (χ2n) is 7.99. The quantitative estimate of drug-likeness (QED) is 0.336. The molecule has 0 saturated heterocycles. The van der Waals surface area contributed by atoms with Gasteiger partial charge in [-0.05, 0) is 43.2 Å². The zero-order valence-electron chi connectivity index (χ0n) is 19.0. The van der Waals surface area contributed by atoms with E-state index in [9.17, 15) is 9.59 Å². The smallest absolute Gasteiger partial charge is 0.243 e. The van der Waals surface area contributed by atoms with Crippen LogP contribution in [0.25, 0.3) is 0 Å². The Bertz CT molecular complexity index is 771. The molecule has 2 aromatic rings. The van der Waals surface area contributed by atoms with Crippen LogP contribution in [-0.4, -0.2) is 34.1 Å². The van der Waals surface area contributed by atoms with Crippen LogP contribution in [0.1, 0.15) is 50.4 Å². The standard InChI is InChI=1S/C20H32N6O2S2.2H2S/c1-11(2)16(21)18(27)23-14-10-9-13(29-14)7-5-6-8-15-25-26-20(30-15)24-19(28)17(22)12(3)4;;/h9-12,16-17H,5-8,21-22H2,1-4H3,(H,23,27)(H,24,26,28);2*1H2/t16-,17-;;/m0../s1. The van der Waals surface area contributed by atoms with E-state index < -0.39 is 12.1 Å². The number of carbonyl (C=O) groups excluding carboxylic acids is 2. The Balaban J connectivity index is 0.00000480. The second-order valence-corrected chi connectivity index (χ2v) is 10.2. The number of nitrogens with two attached hydrogens (primary N) is 2. The average molecular weight is 521 g/mol. The Morgan fingerprint density at radius 1 is 0.875 bits per heavy atom. The molecule has 0 radical (unpaired) electrons. The van der Waals surface area contributed by atoms with E-state index in [1.807, 2.05) is 39.8 Å². The molecule has 2 amide bonds. The molecule has 6 N–H and O–H groups in total. The van der Waals surface area contributed by atoms with Gasteiger partial charge in [-0.2, -0.15) is 27.0 Å². The molecule has 2 rings (SSSR count). The number of nitrogens with one attached hydrogen (secondary N) is 2. The van der Waals surface area contributed by atoms with Gasteiger partial charge in [0.1, 0.15) is 5.01 Å². The van der Waals surface area contributed by atoms with Gasteiger partial charge in [-0.25, -0.2) is 0 Å². The van der Waals surface area contributed by atoms with Gasteiger partial charge in [-0.3, -0.25) is 14.9 Å². The summed E-state index contributed by atoms with van der Waals surface area (Å²) in [5.41, 5.74) is 11.7. The van der Waals surface area contributed by atoms with Gasteiger partial charge in [-0.1, -0.05) is 39.0 Å². The normalized spacial score (nSPS) is 12.6. The number of rotatable bonds is 11. The van der Waals surface area contributed by atoms with Crippen LogP contribution in [0.3, 0.4) is 0 Å². The number of thiophene rings is 1. The van der Waals surface area contributed by atoms with Crippen LogP contribution in [-0.2, 0) is 22.4 Å². The van der Waals surface area contributed by atoms with Gasteiger partial charge in [0, 0.05) is 11.3 Å². The number of aromatic nitrogens is 2. The van der Waals surface area contributed by atoms with Gasteiger partial charge in [0.25, 0.3) is 0 Å². The van der Waals surface area contributed by atoms with Crippen molar-refractivity contribution in [1.82, 2.24) is 10.2 Å². The van der Waals surface area contributed by atoms with Crippen molar-refractivity contribution in [3.63, 3.8) is 0 Å². The van der Waals surface area contributed by atoms with Crippen LogP contribution in [0.2, 0.25) is 0 Å². The minimum Gasteiger partial charge on any atom is -0.320 e. The average Bonchev–Trinajstić information content (AvgIpc) is 3.32. The Kier molecular flexibility index (Phi) is 14.3. The van der Waals surface area contributed by atoms with Crippen molar-refractivity contribution in [3.05, 3.63) is 22.0 Å². The molecule has 0 aromatic carbocycles. The molecule has 0 aliphatic heterocycles. The highest BCUT2D eigenvalue weighted by atomic mass is 32.1. The molecule has 182 valence electrons. The highest BCUT2D eigenvalue weighted by Gasteiger charge is 2.19. The molecule has 8 nitrogen and oxygen atoms in total. The monoisotopic (exact) mass is 520 g/mol. The van der Waals surface area contributed by atoms with Gasteiger partial charge in [0.2, 0.25) is 16.9 Å². The molecular formula is C20H36N6O2S4. The number of hydrogen-bond acceptors (Lipinski definition) is 8. The van der Waals surface area contributed by atoms with E-state index in [-0.39, 0.29) is 50.6 Å². The van der Waals surface area contributed by atoms with Crippen molar-refractivity contribution in [2.45, 2.75) is 65.5 Å². The van der Waals surface area contributed by atoms with E-state index in [0.717, 1.165) is 35.7 Å². The third kappa shape index (κ3) is 9.75. The van der Waals surface area contributed by atoms with E-state index >= 15 is 0 Å². The van der Waals surface area contributed by atoms with Crippen molar-refractivity contribution >= 4 is 71.6 Å². The summed E-state index contributed by atoms with van der Waals surface area (Å²) in [6, 6.07) is 2.90. The summed E-state index contributed by atoms with van der Waals surface area (Å²) in [7, 11) is 0. The zero-order valence-corrected chi connectivity index (χ0v) is 22.6. The number of carbonyl (C=O) groups is 2. The molecule has 2 aromatic heterocycles. The van der Waals surface area contributed by atoms with Crippen molar-refractivity contribution in [2.75, 3.05) is 10.6 Å². The summed E-state index contributed by atoms with van der Waals surface area (Å²) >= 11 is 2.97. The van der Waals surface area contributed by atoms with E-state index in [4.69, 9.17) is 11.5 Å². The first kappa shape index (κ1) is 30.8. The van der Waals surface area contributed by atoms with Crippen molar-refractivity contribution in [1.29, 1.82) is 0 Å². The summed E-state index contributed by atoms with van der Waals surface area (Å²) in [4.78, 5) is 25.3. The maximum atomic E-state index is 12.0. The molecule has 0 fully saturated rings. The molecule has 2 atom stereocenters. The van der Waals surface area contributed by atoms with E-state index in [0.29, 0.717) is 5.13 Å². The second kappa shape index (κ2) is 14.9. The van der Waals surface area contributed by atoms with Gasteiger partial charge >= 0.3 is 0 Å². The summed E-state index contributed by atoms with van der Waals surface area (Å²) in [5.74, 6) is -0.212. The lowest BCUT2D eigenvalue weighted by molar-refractivity contribution is -0.119. The molecule has 0 unspecified atom stereocenters. The number of nitrogens with zero attached hydrogens (tertiary/aromatic N) is 2. The number of aryl methyl sites for hydroxylation is 2. The lowest BCUT2D eigenvalue weighted by Crippen LogP contribution is -2.39. The summed E-state index contributed by atoms with van der Waals surface area (Å²) in [6.07, 6.45) is 3.70. The number of hydrogen-bond donors (Lipinski definition) is 4. The topological polar surface area (TPSA) is 136 Å². The Morgan fingerprint density at radius 2 is 1.44 bits per heavy atom. The third-order valence-corrected chi connectivity index (χ3v) is 6.67. The number of amides is 2. The number of anilines is 2. The van der Waals surface area contributed by atoms with E-state index in [2.05, 4.69) is 20.8 Å². The maximum Gasteiger partial charge on any atom is 0.243 e. The molecule has 0 spiro atoms. The first-order valence-electron chi connectivity index (χ1n) is 10.2. The summed E-state index contributed by atoms with van der Waals surface area (Å²) < 4.78 is 0. The van der Waals surface area contributed by atoms with Gasteiger partial charge < -0.3 is 16.8 Å². The van der Waals surface area contributed by atoms with Gasteiger partial charge in [-0.15, -0.1) is 21.5 Å². The van der Waals surface area contributed by atoms with Crippen LogP contribution in [0.5, 0.6) is 0 Å². The lowest BCUT2D eigenvalue weighted by atomic mass is 10.1. The first-order chi connectivity index (χ1) is 14.2.